The molecular weight excluding hydrogens is 194 g/mol. The molecule has 3 N–H and O–H groups in total. The van der Waals surface area contributed by atoms with Crippen molar-refractivity contribution in [1.82, 2.24) is 5.48 Å². The summed E-state index contributed by atoms with van der Waals surface area (Å²) in [7, 11) is 0. The average Bonchev–Trinajstić information content (AvgIpc) is 2.24. The van der Waals surface area contributed by atoms with Crippen molar-refractivity contribution in [2.24, 2.45) is 5.73 Å². The van der Waals surface area contributed by atoms with Crippen LogP contribution in [0.25, 0.3) is 0 Å². The van der Waals surface area contributed by atoms with E-state index in [1.54, 1.807) is 18.2 Å². The molecule has 0 fully saturated rings. The summed E-state index contributed by atoms with van der Waals surface area (Å²) in [6.45, 7) is 0.251. The fourth-order valence-corrected chi connectivity index (χ4v) is 1.01. The van der Waals surface area contributed by atoms with Gasteiger partial charge in [-0.3, -0.25) is 9.63 Å². The lowest BCUT2D eigenvalue weighted by atomic mass is 10.1. The summed E-state index contributed by atoms with van der Waals surface area (Å²) in [4.78, 5) is 15.1. The number of hydrogen-bond donors (Lipinski definition) is 2. The first-order valence-electron chi connectivity index (χ1n) is 4.34. The van der Waals surface area contributed by atoms with Gasteiger partial charge in [-0.1, -0.05) is 12.1 Å². The van der Waals surface area contributed by atoms with E-state index in [2.05, 4.69) is 5.48 Å². The Morgan fingerprint density at radius 2 is 2.40 bits per heavy atom. The highest BCUT2D eigenvalue weighted by atomic mass is 16.6. The molecule has 0 aliphatic rings. The molecule has 5 nitrogen and oxygen atoms in total. The van der Waals surface area contributed by atoms with Crippen molar-refractivity contribution in [3.8, 4) is 6.07 Å². The van der Waals surface area contributed by atoms with Crippen molar-refractivity contribution in [3.63, 3.8) is 0 Å². The Balaban J connectivity index is 2.38. The van der Waals surface area contributed by atoms with E-state index in [1.807, 2.05) is 12.1 Å². The Bertz CT molecular complexity index is 384. The lowest BCUT2D eigenvalue weighted by Crippen LogP contribution is -2.24. The molecular formula is C10H11N3O2. The third-order valence-corrected chi connectivity index (χ3v) is 1.65. The summed E-state index contributed by atoms with van der Waals surface area (Å²) in [6, 6.07) is 9.12. The average molecular weight is 205 g/mol. The number of benzene rings is 1. The van der Waals surface area contributed by atoms with Crippen LogP contribution in [0.15, 0.2) is 24.3 Å². The van der Waals surface area contributed by atoms with Crippen molar-refractivity contribution in [2.45, 2.75) is 6.54 Å². The van der Waals surface area contributed by atoms with E-state index < -0.39 is 5.91 Å². The van der Waals surface area contributed by atoms with Gasteiger partial charge in [0, 0.05) is 6.54 Å². The zero-order chi connectivity index (χ0) is 11.1. The largest absolute Gasteiger partial charge is 0.368 e. The molecule has 0 saturated heterocycles. The predicted octanol–water partition coefficient (Wildman–Crippen LogP) is 0.0648. The maximum atomic E-state index is 10.3. The third-order valence-electron chi connectivity index (χ3n) is 1.65. The van der Waals surface area contributed by atoms with Gasteiger partial charge in [-0.05, 0) is 17.7 Å². The molecule has 5 heteroatoms. The summed E-state index contributed by atoms with van der Waals surface area (Å²) < 4.78 is 0. The van der Waals surface area contributed by atoms with Gasteiger partial charge in [0.15, 0.2) is 0 Å². The zero-order valence-corrected chi connectivity index (χ0v) is 8.06. The quantitative estimate of drug-likeness (QED) is 0.525. The predicted molar refractivity (Wildman–Crippen MR) is 53.1 cm³/mol. The first kappa shape index (κ1) is 11.2. The topological polar surface area (TPSA) is 88.1 Å². The molecule has 0 aliphatic heterocycles. The molecule has 1 rings (SSSR count). The first-order valence-corrected chi connectivity index (χ1v) is 4.34. The Morgan fingerprint density at radius 3 is 3.07 bits per heavy atom. The van der Waals surface area contributed by atoms with Gasteiger partial charge in [0.05, 0.1) is 11.6 Å². The smallest absolute Gasteiger partial charge is 0.245 e. The highest BCUT2D eigenvalue weighted by Crippen LogP contribution is 2.03. The lowest BCUT2D eigenvalue weighted by Gasteiger charge is -2.04. The van der Waals surface area contributed by atoms with Crippen LogP contribution in [0.5, 0.6) is 0 Å². The molecule has 0 bridgehead atoms. The number of nitrogens with one attached hydrogen (secondary N) is 1. The summed E-state index contributed by atoms with van der Waals surface area (Å²) in [5.41, 5.74) is 8.93. The monoisotopic (exact) mass is 205 g/mol. The SMILES string of the molecule is N#Cc1cccc(CNOCC(N)=O)c1. The summed E-state index contributed by atoms with van der Waals surface area (Å²) in [5, 5.41) is 8.64. The van der Waals surface area contributed by atoms with Crippen LogP contribution in [-0.2, 0) is 16.2 Å². The van der Waals surface area contributed by atoms with Gasteiger partial charge in [-0.15, -0.1) is 0 Å². The lowest BCUT2D eigenvalue weighted by molar-refractivity contribution is -0.125. The minimum absolute atomic E-state index is 0.169. The van der Waals surface area contributed by atoms with E-state index in [0.717, 1.165) is 5.56 Å². The zero-order valence-electron chi connectivity index (χ0n) is 8.06. The van der Waals surface area contributed by atoms with Crippen LogP contribution in [-0.4, -0.2) is 12.5 Å². The van der Waals surface area contributed by atoms with Crippen molar-refractivity contribution >= 4 is 5.91 Å². The van der Waals surface area contributed by atoms with E-state index >= 15 is 0 Å². The molecule has 0 unspecified atom stereocenters. The van der Waals surface area contributed by atoms with E-state index in [4.69, 9.17) is 15.8 Å². The fraction of sp³-hybridized carbons (Fsp3) is 0.200. The van der Waals surface area contributed by atoms with Crippen LogP contribution in [0, 0.1) is 11.3 Å². The Kier molecular flexibility index (Phi) is 4.29. The summed E-state index contributed by atoms with van der Waals surface area (Å²) in [5.74, 6) is -0.534. The maximum Gasteiger partial charge on any atom is 0.245 e. The van der Waals surface area contributed by atoms with Crippen LogP contribution < -0.4 is 11.2 Å². The van der Waals surface area contributed by atoms with Crippen molar-refractivity contribution in [2.75, 3.05) is 6.61 Å². The van der Waals surface area contributed by atoms with Gasteiger partial charge in [0.2, 0.25) is 5.91 Å². The molecule has 1 amide bonds. The molecule has 0 radical (unpaired) electrons. The van der Waals surface area contributed by atoms with Crippen LogP contribution >= 0.6 is 0 Å². The van der Waals surface area contributed by atoms with Crippen LogP contribution in [0.4, 0.5) is 0 Å². The van der Waals surface area contributed by atoms with E-state index in [9.17, 15) is 4.79 Å². The number of amides is 1. The second-order valence-electron chi connectivity index (χ2n) is 2.89. The summed E-state index contributed by atoms with van der Waals surface area (Å²) >= 11 is 0. The number of carbonyl (C=O) groups is 1. The van der Waals surface area contributed by atoms with E-state index in [-0.39, 0.29) is 6.61 Å². The number of hydrogen-bond acceptors (Lipinski definition) is 4. The first-order chi connectivity index (χ1) is 7.22. The normalized spacial score (nSPS) is 9.53. The second-order valence-corrected chi connectivity index (χ2v) is 2.89. The standard InChI is InChI=1S/C10H11N3O2/c11-5-8-2-1-3-9(4-8)6-13-15-7-10(12)14/h1-4,13H,6-7H2,(H2,12,14). The Labute approximate surface area is 87.4 Å². The van der Waals surface area contributed by atoms with Gasteiger partial charge in [-0.2, -0.15) is 10.7 Å². The minimum atomic E-state index is -0.534. The maximum absolute atomic E-state index is 10.3. The van der Waals surface area contributed by atoms with Gasteiger partial charge in [0.1, 0.15) is 6.61 Å². The second kappa shape index (κ2) is 5.75. The molecule has 0 heterocycles. The molecule has 78 valence electrons. The van der Waals surface area contributed by atoms with Gasteiger partial charge in [-0.25, -0.2) is 0 Å². The number of primary amides is 1. The van der Waals surface area contributed by atoms with Gasteiger partial charge in [0.25, 0.3) is 0 Å². The van der Waals surface area contributed by atoms with Crippen molar-refractivity contribution in [1.29, 1.82) is 5.26 Å². The molecule has 0 spiro atoms. The van der Waals surface area contributed by atoms with Crippen molar-refractivity contribution in [3.05, 3.63) is 35.4 Å². The number of rotatable bonds is 5. The van der Waals surface area contributed by atoms with E-state index in [0.29, 0.717) is 12.1 Å². The molecule has 0 saturated carbocycles. The molecule has 1 aromatic carbocycles. The Morgan fingerprint density at radius 1 is 1.60 bits per heavy atom. The molecule has 15 heavy (non-hydrogen) atoms. The molecule has 0 atom stereocenters. The number of hydroxylamine groups is 1. The van der Waals surface area contributed by atoms with Crippen molar-refractivity contribution < 1.29 is 9.63 Å². The summed E-state index contributed by atoms with van der Waals surface area (Å²) in [6.07, 6.45) is 0. The number of nitrogens with two attached hydrogens (primary N) is 1. The van der Waals surface area contributed by atoms with E-state index in [1.165, 1.54) is 0 Å². The Hall–Kier alpha value is -1.90. The molecule has 1 aromatic rings. The number of nitriles is 1. The number of nitrogens with zero attached hydrogens (tertiary/aromatic N) is 1. The van der Waals surface area contributed by atoms with Crippen LogP contribution in [0.1, 0.15) is 11.1 Å². The molecule has 0 aromatic heterocycles. The highest BCUT2D eigenvalue weighted by Gasteiger charge is 1.96. The van der Waals surface area contributed by atoms with Gasteiger partial charge < -0.3 is 5.73 Å². The highest BCUT2D eigenvalue weighted by molar-refractivity contribution is 5.74. The third kappa shape index (κ3) is 4.22. The number of carbonyl (C=O) groups excluding carboxylic acids is 1. The minimum Gasteiger partial charge on any atom is -0.368 e. The van der Waals surface area contributed by atoms with Crippen LogP contribution in [0.3, 0.4) is 0 Å². The fourth-order valence-electron chi connectivity index (χ4n) is 1.01. The van der Waals surface area contributed by atoms with Crippen LogP contribution in [0.2, 0.25) is 0 Å². The van der Waals surface area contributed by atoms with Gasteiger partial charge >= 0.3 is 0 Å². The molecule has 0 aliphatic carbocycles.